The topological polar surface area (TPSA) is 78.9 Å². The lowest BCUT2D eigenvalue weighted by Crippen LogP contribution is -2.44. The Labute approximate surface area is 87.5 Å². The zero-order valence-electron chi connectivity index (χ0n) is 8.69. The van der Waals surface area contributed by atoms with Gasteiger partial charge in [-0.1, -0.05) is 0 Å². The van der Waals surface area contributed by atoms with E-state index in [0.29, 0.717) is 0 Å². The number of carbonyl (C=O) groups excluding carboxylic acids is 2. The van der Waals surface area contributed by atoms with E-state index >= 15 is 0 Å². The van der Waals surface area contributed by atoms with E-state index in [9.17, 15) is 14.7 Å². The van der Waals surface area contributed by atoms with Gasteiger partial charge in [-0.3, -0.25) is 9.59 Å². The highest BCUT2D eigenvalue weighted by molar-refractivity contribution is 6.12. The lowest BCUT2D eigenvalue weighted by atomic mass is 10.4. The number of imide groups is 1. The van der Waals surface area contributed by atoms with Gasteiger partial charge < -0.3 is 9.84 Å². The highest BCUT2D eigenvalue weighted by Gasteiger charge is 2.22. The molecule has 0 aliphatic carbocycles. The second-order valence-electron chi connectivity index (χ2n) is 3.55. The minimum absolute atomic E-state index is 0.195. The van der Waals surface area contributed by atoms with Crippen LogP contribution in [0.4, 0.5) is 0 Å². The first kappa shape index (κ1) is 11.8. The fraction of sp³-hybridized carbons (Fsp3) is 0.556. The standard InChI is InChI=1S/C9H14N2O4/c1-9(2,14)15-6-5-10-11-7(12)3-4-8(11)13/h3-4,10,14H,5-6H2,1-2H3. The van der Waals surface area contributed by atoms with Gasteiger partial charge in [0, 0.05) is 18.7 Å². The highest BCUT2D eigenvalue weighted by Crippen LogP contribution is 2.02. The number of nitrogens with zero attached hydrogens (tertiary/aromatic N) is 1. The number of rotatable bonds is 5. The van der Waals surface area contributed by atoms with Crippen LogP contribution in [-0.4, -0.2) is 40.9 Å². The molecule has 0 unspecified atom stereocenters. The third-order valence-corrected chi connectivity index (χ3v) is 1.64. The molecule has 1 aliphatic rings. The van der Waals surface area contributed by atoms with Gasteiger partial charge in [-0.25, -0.2) is 10.4 Å². The van der Waals surface area contributed by atoms with Gasteiger partial charge in [-0.05, 0) is 13.8 Å². The summed E-state index contributed by atoms with van der Waals surface area (Å²) in [7, 11) is 0. The number of aliphatic hydroxyl groups is 1. The van der Waals surface area contributed by atoms with Crippen LogP contribution in [0.25, 0.3) is 0 Å². The summed E-state index contributed by atoms with van der Waals surface area (Å²) in [4.78, 5) is 22.1. The van der Waals surface area contributed by atoms with Gasteiger partial charge in [-0.15, -0.1) is 0 Å². The molecule has 0 saturated carbocycles. The van der Waals surface area contributed by atoms with Crippen LogP contribution in [0.3, 0.4) is 0 Å². The van der Waals surface area contributed by atoms with Gasteiger partial charge in [0.25, 0.3) is 11.8 Å². The third-order valence-electron chi connectivity index (χ3n) is 1.64. The van der Waals surface area contributed by atoms with Crippen molar-refractivity contribution >= 4 is 11.8 Å². The molecule has 6 heteroatoms. The first-order chi connectivity index (χ1) is 6.90. The van der Waals surface area contributed by atoms with Crippen LogP contribution in [0.1, 0.15) is 13.8 Å². The number of carbonyl (C=O) groups is 2. The molecule has 0 radical (unpaired) electrons. The Morgan fingerprint density at radius 2 is 1.93 bits per heavy atom. The van der Waals surface area contributed by atoms with E-state index in [0.717, 1.165) is 5.01 Å². The Bertz CT molecular complexity index is 275. The number of hydrazine groups is 1. The second-order valence-corrected chi connectivity index (χ2v) is 3.55. The largest absolute Gasteiger partial charge is 0.366 e. The molecular formula is C9H14N2O4. The Morgan fingerprint density at radius 1 is 1.40 bits per heavy atom. The van der Waals surface area contributed by atoms with Crippen LogP contribution in [0, 0.1) is 0 Å². The van der Waals surface area contributed by atoms with Gasteiger partial charge in [0.2, 0.25) is 0 Å². The molecule has 1 heterocycles. The number of nitrogens with one attached hydrogen (secondary N) is 1. The van der Waals surface area contributed by atoms with E-state index in [4.69, 9.17) is 4.74 Å². The molecule has 0 atom stereocenters. The molecule has 0 fully saturated rings. The van der Waals surface area contributed by atoms with E-state index in [-0.39, 0.29) is 13.2 Å². The Balaban J connectivity index is 2.21. The minimum atomic E-state index is -1.21. The van der Waals surface area contributed by atoms with E-state index in [1.165, 1.54) is 26.0 Å². The maximum absolute atomic E-state index is 11.0. The van der Waals surface area contributed by atoms with Crippen molar-refractivity contribution in [3.8, 4) is 0 Å². The summed E-state index contributed by atoms with van der Waals surface area (Å²) in [5.41, 5.74) is 2.59. The monoisotopic (exact) mass is 214 g/mol. The van der Waals surface area contributed by atoms with E-state index in [2.05, 4.69) is 5.43 Å². The molecule has 84 valence electrons. The van der Waals surface area contributed by atoms with Crippen LogP contribution in [-0.2, 0) is 14.3 Å². The molecule has 2 N–H and O–H groups in total. The van der Waals surface area contributed by atoms with Crippen molar-refractivity contribution in [1.82, 2.24) is 10.4 Å². The smallest absolute Gasteiger partial charge is 0.268 e. The second kappa shape index (κ2) is 4.52. The Kier molecular flexibility index (Phi) is 3.57. The molecule has 1 aliphatic heterocycles. The molecule has 0 aromatic rings. The molecule has 0 spiro atoms. The first-order valence-corrected chi connectivity index (χ1v) is 4.56. The van der Waals surface area contributed by atoms with Crippen LogP contribution in [0.2, 0.25) is 0 Å². The first-order valence-electron chi connectivity index (χ1n) is 4.56. The average Bonchev–Trinajstić information content (AvgIpc) is 2.40. The zero-order valence-corrected chi connectivity index (χ0v) is 8.69. The van der Waals surface area contributed by atoms with Crippen LogP contribution < -0.4 is 5.43 Å². The Morgan fingerprint density at radius 3 is 2.40 bits per heavy atom. The SMILES string of the molecule is CC(C)(O)OCCNN1C(=O)C=CC1=O. The summed E-state index contributed by atoms with van der Waals surface area (Å²) < 4.78 is 4.98. The summed E-state index contributed by atoms with van der Waals surface area (Å²) in [6.07, 6.45) is 2.37. The molecule has 1 rings (SSSR count). The summed E-state index contributed by atoms with van der Waals surface area (Å²) in [5.74, 6) is -2.01. The summed E-state index contributed by atoms with van der Waals surface area (Å²) >= 11 is 0. The molecular weight excluding hydrogens is 200 g/mol. The van der Waals surface area contributed by atoms with Crippen molar-refractivity contribution in [3.63, 3.8) is 0 Å². The quantitative estimate of drug-likeness (QED) is 0.354. The van der Waals surface area contributed by atoms with Crippen molar-refractivity contribution in [3.05, 3.63) is 12.2 Å². The van der Waals surface area contributed by atoms with E-state index in [1.54, 1.807) is 0 Å². The highest BCUT2D eigenvalue weighted by atomic mass is 16.6. The number of amides is 2. The van der Waals surface area contributed by atoms with Gasteiger partial charge in [0.15, 0.2) is 5.79 Å². The lowest BCUT2D eigenvalue weighted by Gasteiger charge is -2.20. The van der Waals surface area contributed by atoms with E-state index in [1.807, 2.05) is 0 Å². The van der Waals surface area contributed by atoms with Crippen LogP contribution >= 0.6 is 0 Å². The normalized spacial score (nSPS) is 16.6. The molecule has 0 aromatic carbocycles. The zero-order chi connectivity index (χ0) is 11.5. The van der Waals surface area contributed by atoms with Crippen LogP contribution in [0.15, 0.2) is 12.2 Å². The van der Waals surface area contributed by atoms with E-state index < -0.39 is 17.6 Å². The molecule has 0 bridgehead atoms. The van der Waals surface area contributed by atoms with Gasteiger partial charge >= 0.3 is 0 Å². The lowest BCUT2D eigenvalue weighted by molar-refractivity contribution is -0.176. The molecule has 15 heavy (non-hydrogen) atoms. The van der Waals surface area contributed by atoms with Crippen molar-refractivity contribution in [1.29, 1.82) is 0 Å². The summed E-state index contributed by atoms with van der Waals surface area (Å²) in [6.45, 7) is 3.46. The molecule has 0 saturated heterocycles. The van der Waals surface area contributed by atoms with Gasteiger partial charge in [-0.2, -0.15) is 0 Å². The van der Waals surface area contributed by atoms with Crippen LogP contribution in [0.5, 0.6) is 0 Å². The van der Waals surface area contributed by atoms with Crippen molar-refractivity contribution in [2.45, 2.75) is 19.6 Å². The molecule has 0 aromatic heterocycles. The van der Waals surface area contributed by atoms with Gasteiger partial charge in [0.1, 0.15) is 0 Å². The van der Waals surface area contributed by atoms with Crippen molar-refractivity contribution in [2.75, 3.05) is 13.2 Å². The van der Waals surface area contributed by atoms with Crippen molar-refractivity contribution < 1.29 is 19.4 Å². The fourth-order valence-electron chi connectivity index (χ4n) is 1.01. The summed E-state index contributed by atoms with van der Waals surface area (Å²) in [6, 6.07) is 0. The molecule has 2 amide bonds. The Hall–Kier alpha value is -1.24. The third kappa shape index (κ3) is 3.78. The predicted molar refractivity (Wildman–Crippen MR) is 51.2 cm³/mol. The summed E-state index contributed by atoms with van der Waals surface area (Å²) in [5, 5.41) is 10.1. The maximum atomic E-state index is 11.0. The predicted octanol–water partition coefficient (Wildman–Crippen LogP) is -0.839. The average molecular weight is 214 g/mol. The van der Waals surface area contributed by atoms with Crippen molar-refractivity contribution in [2.24, 2.45) is 0 Å². The number of hydrogen-bond donors (Lipinski definition) is 2. The maximum Gasteiger partial charge on any atom is 0.268 e. The molecule has 6 nitrogen and oxygen atoms in total. The van der Waals surface area contributed by atoms with Gasteiger partial charge in [0.05, 0.1) is 6.61 Å². The number of hydrogen-bond acceptors (Lipinski definition) is 5. The fourth-order valence-corrected chi connectivity index (χ4v) is 1.01. The minimum Gasteiger partial charge on any atom is -0.366 e. The number of ether oxygens (including phenoxy) is 1.